The van der Waals surface area contributed by atoms with Gasteiger partial charge in [-0.3, -0.25) is 4.79 Å². The maximum atomic E-state index is 13.3. The molecule has 1 atom stereocenters. The Morgan fingerprint density at radius 2 is 1.59 bits per heavy atom. The van der Waals surface area contributed by atoms with Crippen LogP contribution in [-0.2, 0) is 14.8 Å². The summed E-state index contributed by atoms with van der Waals surface area (Å²) in [5.41, 5.74) is 2.62. The lowest BCUT2D eigenvalue weighted by molar-refractivity contribution is -0.138. The minimum absolute atomic E-state index is 0.111. The molecule has 1 aromatic carbocycles. The molecule has 3 rings (SSSR count). The maximum absolute atomic E-state index is 13.3. The predicted molar refractivity (Wildman–Crippen MR) is 106 cm³/mol. The van der Waals surface area contributed by atoms with Gasteiger partial charge in [0.05, 0.1) is 10.8 Å². The van der Waals surface area contributed by atoms with Gasteiger partial charge < -0.3 is 9.80 Å². The summed E-state index contributed by atoms with van der Waals surface area (Å²) >= 11 is 0. The highest BCUT2D eigenvalue weighted by Crippen LogP contribution is 2.29. The molecule has 6 nitrogen and oxygen atoms in total. The Labute approximate surface area is 163 Å². The second-order valence-corrected chi connectivity index (χ2v) is 9.93. The van der Waals surface area contributed by atoms with E-state index in [0.717, 1.165) is 55.7 Å². The molecule has 1 aromatic rings. The third kappa shape index (κ3) is 4.20. The molecule has 2 aliphatic heterocycles. The first-order chi connectivity index (χ1) is 12.7. The zero-order valence-electron chi connectivity index (χ0n) is 16.9. The van der Waals surface area contributed by atoms with Crippen LogP contribution in [0.2, 0.25) is 0 Å². The fourth-order valence-corrected chi connectivity index (χ4v) is 6.29. The quantitative estimate of drug-likeness (QED) is 0.786. The third-order valence-corrected chi connectivity index (χ3v) is 7.92. The highest BCUT2D eigenvalue weighted by molar-refractivity contribution is 7.89. The second-order valence-electron chi connectivity index (χ2n) is 8.06. The number of benzene rings is 1. The number of hydrogen-bond acceptors (Lipinski definition) is 4. The van der Waals surface area contributed by atoms with E-state index in [9.17, 15) is 13.2 Å². The van der Waals surface area contributed by atoms with E-state index >= 15 is 0 Å². The summed E-state index contributed by atoms with van der Waals surface area (Å²) in [4.78, 5) is 17.5. The van der Waals surface area contributed by atoms with E-state index in [1.807, 2.05) is 37.8 Å². The topological polar surface area (TPSA) is 60.9 Å². The second kappa shape index (κ2) is 7.89. The van der Waals surface area contributed by atoms with Crippen LogP contribution in [0.4, 0.5) is 0 Å². The van der Waals surface area contributed by atoms with Crippen LogP contribution in [0.15, 0.2) is 17.0 Å². The van der Waals surface area contributed by atoms with Crippen molar-refractivity contribution in [2.45, 2.75) is 38.5 Å². The summed E-state index contributed by atoms with van der Waals surface area (Å²) in [5.74, 6) is -0.122. The van der Waals surface area contributed by atoms with Crippen LogP contribution in [0.3, 0.4) is 0 Å². The molecule has 0 unspecified atom stereocenters. The van der Waals surface area contributed by atoms with Gasteiger partial charge in [-0.2, -0.15) is 4.31 Å². The van der Waals surface area contributed by atoms with Gasteiger partial charge in [0.2, 0.25) is 15.9 Å². The number of sulfonamides is 1. The maximum Gasteiger partial charge on any atom is 0.243 e. The van der Waals surface area contributed by atoms with Crippen LogP contribution < -0.4 is 0 Å². The zero-order valence-corrected chi connectivity index (χ0v) is 17.7. The normalized spacial score (nSPS) is 22.8. The molecule has 0 aromatic heterocycles. The number of hydrogen-bond donors (Lipinski definition) is 0. The summed E-state index contributed by atoms with van der Waals surface area (Å²) in [6.45, 7) is 9.67. The van der Waals surface area contributed by atoms with Crippen molar-refractivity contribution in [3.05, 3.63) is 28.8 Å². The first-order valence-corrected chi connectivity index (χ1v) is 11.2. The molecule has 7 heteroatoms. The monoisotopic (exact) mass is 393 g/mol. The van der Waals surface area contributed by atoms with Crippen molar-refractivity contribution in [3.8, 4) is 0 Å². The molecular formula is C20H31N3O3S. The van der Waals surface area contributed by atoms with Gasteiger partial charge in [0.15, 0.2) is 0 Å². The van der Waals surface area contributed by atoms with Gasteiger partial charge >= 0.3 is 0 Å². The van der Waals surface area contributed by atoms with Gasteiger partial charge in [-0.25, -0.2) is 8.42 Å². The van der Waals surface area contributed by atoms with Crippen molar-refractivity contribution in [2.24, 2.45) is 5.92 Å². The number of piperazine rings is 1. The largest absolute Gasteiger partial charge is 0.340 e. The Hall–Kier alpha value is -1.44. The number of likely N-dealkylation sites (N-methyl/N-ethyl adjacent to an activating group) is 1. The van der Waals surface area contributed by atoms with Crippen LogP contribution in [0.1, 0.15) is 29.5 Å². The first kappa shape index (κ1) is 20.3. The highest BCUT2D eigenvalue weighted by Gasteiger charge is 2.36. The van der Waals surface area contributed by atoms with E-state index in [1.54, 1.807) is 0 Å². The molecule has 2 aliphatic rings. The van der Waals surface area contributed by atoms with Crippen LogP contribution in [0, 0.1) is 26.7 Å². The van der Waals surface area contributed by atoms with Crippen molar-refractivity contribution >= 4 is 15.9 Å². The Bertz CT molecular complexity index is 791. The number of carbonyl (C=O) groups excluding carboxylic acids is 1. The fraction of sp³-hybridized carbons (Fsp3) is 0.650. The number of amides is 1. The third-order valence-electron chi connectivity index (χ3n) is 5.75. The van der Waals surface area contributed by atoms with Crippen LogP contribution in [0.25, 0.3) is 0 Å². The molecule has 0 N–H and O–H groups in total. The average Bonchev–Trinajstić information content (AvgIpc) is 2.61. The molecule has 0 aliphatic carbocycles. The average molecular weight is 394 g/mol. The number of aryl methyl sites for hydroxylation is 3. The standard InChI is InChI=1S/C20H31N3O3S/c1-15-12-16(2)19(17(3)13-15)27(25,26)23-7-5-6-18(14-23)20(24)22-10-8-21(4)9-11-22/h12-13,18H,5-11,14H2,1-4H3/t18-/m1/s1. The van der Waals surface area contributed by atoms with Gasteiger partial charge in [-0.1, -0.05) is 17.7 Å². The van der Waals surface area contributed by atoms with Crippen molar-refractivity contribution in [1.29, 1.82) is 0 Å². The summed E-state index contributed by atoms with van der Waals surface area (Å²) in [5, 5.41) is 0. The van der Waals surface area contributed by atoms with Crippen molar-refractivity contribution in [2.75, 3.05) is 46.3 Å². The molecule has 2 heterocycles. The molecule has 2 saturated heterocycles. The van der Waals surface area contributed by atoms with E-state index in [1.165, 1.54) is 4.31 Å². The lowest BCUT2D eigenvalue weighted by Gasteiger charge is -2.38. The highest BCUT2D eigenvalue weighted by atomic mass is 32.2. The number of carbonyl (C=O) groups is 1. The van der Waals surface area contributed by atoms with E-state index in [2.05, 4.69) is 11.9 Å². The molecule has 0 saturated carbocycles. The van der Waals surface area contributed by atoms with Crippen molar-refractivity contribution in [3.63, 3.8) is 0 Å². The Morgan fingerprint density at radius 3 is 2.19 bits per heavy atom. The first-order valence-electron chi connectivity index (χ1n) is 9.75. The molecule has 0 bridgehead atoms. The number of rotatable bonds is 3. The lowest BCUT2D eigenvalue weighted by Crippen LogP contribution is -2.52. The van der Waals surface area contributed by atoms with Gasteiger partial charge in [0.25, 0.3) is 0 Å². The van der Waals surface area contributed by atoms with Crippen molar-refractivity contribution < 1.29 is 13.2 Å². The van der Waals surface area contributed by atoms with Gasteiger partial charge in [-0.05, 0) is 51.8 Å². The van der Waals surface area contributed by atoms with E-state index < -0.39 is 10.0 Å². The summed E-state index contributed by atoms with van der Waals surface area (Å²) in [6.07, 6.45) is 1.50. The zero-order chi connectivity index (χ0) is 19.8. The molecular weight excluding hydrogens is 362 g/mol. The summed E-state index contributed by atoms with van der Waals surface area (Å²) in [6, 6.07) is 3.83. The molecule has 150 valence electrons. The molecule has 0 radical (unpaired) electrons. The van der Waals surface area contributed by atoms with E-state index in [4.69, 9.17) is 0 Å². The minimum atomic E-state index is -3.59. The Morgan fingerprint density at radius 1 is 1.00 bits per heavy atom. The van der Waals surface area contributed by atoms with Crippen LogP contribution in [-0.4, -0.2) is 74.7 Å². The lowest BCUT2D eigenvalue weighted by atomic mass is 9.98. The van der Waals surface area contributed by atoms with Crippen molar-refractivity contribution in [1.82, 2.24) is 14.1 Å². The molecule has 0 spiro atoms. The summed E-state index contributed by atoms with van der Waals surface area (Å²) < 4.78 is 28.2. The molecule has 1 amide bonds. The van der Waals surface area contributed by atoms with E-state index in [0.29, 0.717) is 18.0 Å². The smallest absolute Gasteiger partial charge is 0.243 e. The Kier molecular flexibility index (Phi) is 5.93. The predicted octanol–water partition coefficient (Wildman–Crippen LogP) is 1.79. The van der Waals surface area contributed by atoms with Gasteiger partial charge in [-0.15, -0.1) is 0 Å². The minimum Gasteiger partial charge on any atom is -0.340 e. The van der Waals surface area contributed by atoms with Crippen LogP contribution >= 0.6 is 0 Å². The Balaban J connectivity index is 1.78. The van der Waals surface area contributed by atoms with Gasteiger partial charge in [0, 0.05) is 39.3 Å². The van der Waals surface area contributed by atoms with Crippen LogP contribution in [0.5, 0.6) is 0 Å². The SMILES string of the molecule is Cc1cc(C)c(S(=O)(=O)N2CCC[C@@H](C(=O)N3CCN(C)CC3)C2)c(C)c1. The summed E-state index contributed by atoms with van der Waals surface area (Å²) in [7, 11) is -1.53. The van der Waals surface area contributed by atoms with Gasteiger partial charge in [0.1, 0.15) is 0 Å². The number of nitrogens with zero attached hydrogens (tertiary/aromatic N) is 3. The molecule has 27 heavy (non-hydrogen) atoms. The number of piperidine rings is 1. The fourth-order valence-electron chi connectivity index (χ4n) is 4.35. The molecule has 2 fully saturated rings. The van der Waals surface area contributed by atoms with E-state index in [-0.39, 0.29) is 11.8 Å².